The number of nitrogens with zero attached hydrogens (tertiary/aromatic N) is 1. The number of benzene rings is 1. The van der Waals surface area contributed by atoms with Crippen LogP contribution in [0.3, 0.4) is 0 Å². The van der Waals surface area contributed by atoms with Crippen molar-refractivity contribution in [3.8, 4) is 0 Å². The van der Waals surface area contributed by atoms with E-state index in [9.17, 15) is 9.18 Å². The third kappa shape index (κ3) is 4.36. The summed E-state index contributed by atoms with van der Waals surface area (Å²) in [6, 6.07) is 9.79. The summed E-state index contributed by atoms with van der Waals surface area (Å²) in [7, 11) is 0. The zero-order valence-corrected chi connectivity index (χ0v) is 14.2. The lowest BCUT2D eigenvalue weighted by Gasteiger charge is -2.33. The molecule has 1 aromatic carbocycles. The molecule has 1 fully saturated rings. The van der Waals surface area contributed by atoms with Crippen LogP contribution in [0.4, 0.5) is 4.39 Å². The predicted molar refractivity (Wildman–Crippen MR) is 92.9 cm³/mol. The molecule has 1 unspecified atom stereocenters. The number of carbonyl (C=O) groups is 1. The second kappa shape index (κ2) is 8.85. The molecule has 1 aromatic heterocycles. The molecule has 130 valence electrons. The number of piperidine rings is 1. The SMILES string of the molecule is Cl.O=C(NCC(c1ccco1)N1CCCCC1)c1ccccc1F. The first-order chi connectivity index (χ1) is 11.3. The molecule has 24 heavy (non-hydrogen) atoms. The van der Waals surface area contributed by atoms with Gasteiger partial charge in [-0.05, 0) is 50.2 Å². The van der Waals surface area contributed by atoms with Gasteiger partial charge in [0.2, 0.25) is 0 Å². The molecule has 1 aliphatic rings. The maximum atomic E-state index is 13.7. The smallest absolute Gasteiger partial charge is 0.254 e. The highest BCUT2D eigenvalue weighted by Crippen LogP contribution is 2.24. The van der Waals surface area contributed by atoms with Crippen LogP contribution >= 0.6 is 12.4 Å². The van der Waals surface area contributed by atoms with E-state index < -0.39 is 11.7 Å². The molecule has 0 aliphatic carbocycles. The van der Waals surface area contributed by atoms with Gasteiger partial charge in [-0.25, -0.2) is 4.39 Å². The van der Waals surface area contributed by atoms with E-state index in [1.54, 1.807) is 18.4 Å². The lowest BCUT2D eigenvalue weighted by molar-refractivity contribution is 0.0910. The van der Waals surface area contributed by atoms with E-state index in [1.807, 2.05) is 12.1 Å². The second-order valence-electron chi connectivity index (χ2n) is 5.82. The highest BCUT2D eigenvalue weighted by Gasteiger charge is 2.25. The normalized spacial score (nSPS) is 16.2. The van der Waals surface area contributed by atoms with Crippen LogP contribution in [0.15, 0.2) is 47.1 Å². The summed E-state index contributed by atoms with van der Waals surface area (Å²) < 4.78 is 19.2. The van der Waals surface area contributed by atoms with Crippen molar-refractivity contribution in [2.24, 2.45) is 0 Å². The molecular formula is C18H22ClFN2O2. The van der Waals surface area contributed by atoms with Crippen LogP contribution in [-0.4, -0.2) is 30.4 Å². The van der Waals surface area contributed by atoms with E-state index in [2.05, 4.69) is 10.2 Å². The second-order valence-corrected chi connectivity index (χ2v) is 5.82. The summed E-state index contributed by atoms with van der Waals surface area (Å²) >= 11 is 0. The molecule has 1 aliphatic heterocycles. The van der Waals surface area contributed by atoms with Gasteiger partial charge in [-0.3, -0.25) is 9.69 Å². The minimum Gasteiger partial charge on any atom is -0.468 e. The number of carbonyl (C=O) groups excluding carboxylic acids is 1. The van der Waals surface area contributed by atoms with E-state index in [4.69, 9.17) is 4.42 Å². The van der Waals surface area contributed by atoms with Crippen LogP contribution in [0.1, 0.15) is 41.4 Å². The van der Waals surface area contributed by atoms with E-state index in [1.165, 1.54) is 18.6 Å². The Labute approximate surface area is 147 Å². The van der Waals surface area contributed by atoms with E-state index in [0.29, 0.717) is 6.54 Å². The van der Waals surface area contributed by atoms with Crippen molar-refractivity contribution in [2.45, 2.75) is 25.3 Å². The topological polar surface area (TPSA) is 45.5 Å². The number of rotatable bonds is 5. The van der Waals surface area contributed by atoms with Crippen LogP contribution in [0.5, 0.6) is 0 Å². The maximum Gasteiger partial charge on any atom is 0.254 e. The molecule has 0 spiro atoms. The molecular weight excluding hydrogens is 331 g/mol. The van der Waals surface area contributed by atoms with Crippen LogP contribution in [0.25, 0.3) is 0 Å². The summed E-state index contributed by atoms with van der Waals surface area (Å²) in [6.07, 6.45) is 5.19. The monoisotopic (exact) mass is 352 g/mol. The Morgan fingerprint density at radius 1 is 1.17 bits per heavy atom. The Balaban J connectivity index is 0.00000208. The minimum absolute atomic E-state index is 0. The molecule has 2 aromatic rings. The first kappa shape index (κ1) is 18.5. The Kier molecular flexibility index (Phi) is 6.82. The molecule has 0 bridgehead atoms. The van der Waals surface area contributed by atoms with E-state index in [0.717, 1.165) is 31.7 Å². The third-order valence-electron chi connectivity index (χ3n) is 4.28. The molecule has 3 rings (SSSR count). The Morgan fingerprint density at radius 2 is 1.92 bits per heavy atom. The van der Waals surface area contributed by atoms with Gasteiger partial charge in [-0.2, -0.15) is 0 Å². The van der Waals surface area contributed by atoms with Crippen LogP contribution < -0.4 is 5.32 Å². The van der Waals surface area contributed by atoms with Gasteiger partial charge < -0.3 is 9.73 Å². The summed E-state index contributed by atoms with van der Waals surface area (Å²) in [5, 5.41) is 2.84. The molecule has 1 N–H and O–H groups in total. The van der Waals surface area contributed by atoms with Crippen LogP contribution in [0, 0.1) is 5.82 Å². The molecule has 0 radical (unpaired) electrons. The summed E-state index contributed by atoms with van der Waals surface area (Å²) in [6.45, 7) is 2.38. The van der Waals surface area contributed by atoms with Gasteiger partial charge in [0.05, 0.1) is 17.9 Å². The van der Waals surface area contributed by atoms with Gasteiger partial charge in [0.1, 0.15) is 11.6 Å². The molecule has 1 saturated heterocycles. The lowest BCUT2D eigenvalue weighted by atomic mass is 10.1. The Morgan fingerprint density at radius 3 is 2.58 bits per heavy atom. The Hall–Kier alpha value is -1.85. The van der Waals surface area contributed by atoms with Crippen LogP contribution in [-0.2, 0) is 0 Å². The highest BCUT2D eigenvalue weighted by atomic mass is 35.5. The fourth-order valence-corrected chi connectivity index (χ4v) is 3.05. The lowest BCUT2D eigenvalue weighted by Crippen LogP contribution is -2.40. The van der Waals surface area contributed by atoms with Gasteiger partial charge in [-0.15, -0.1) is 12.4 Å². The summed E-state index contributed by atoms with van der Waals surface area (Å²) in [5.41, 5.74) is 0.0735. The van der Waals surface area contributed by atoms with Crippen molar-refractivity contribution in [2.75, 3.05) is 19.6 Å². The van der Waals surface area contributed by atoms with Gasteiger partial charge >= 0.3 is 0 Å². The number of halogens is 2. The zero-order chi connectivity index (χ0) is 16.1. The molecule has 0 saturated carbocycles. The number of nitrogens with one attached hydrogen (secondary N) is 1. The van der Waals surface area contributed by atoms with Crippen LogP contribution in [0.2, 0.25) is 0 Å². The number of hydrogen-bond acceptors (Lipinski definition) is 3. The largest absolute Gasteiger partial charge is 0.468 e. The summed E-state index contributed by atoms with van der Waals surface area (Å²) in [5.74, 6) is -0.0603. The van der Waals surface area contributed by atoms with Crippen molar-refractivity contribution in [3.63, 3.8) is 0 Å². The summed E-state index contributed by atoms with van der Waals surface area (Å²) in [4.78, 5) is 14.5. The van der Waals surface area contributed by atoms with E-state index >= 15 is 0 Å². The molecule has 1 amide bonds. The highest BCUT2D eigenvalue weighted by molar-refractivity contribution is 5.94. The van der Waals surface area contributed by atoms with Gasteiger partial charge in [0.15, 0.2) is 0 Å². The fourth-order valence-electron chi connectivity index (χ4n) is 3.05. The van der Waals surface area contributed by atoms with Crippen molar-refractivity contribution in [1.82, 2.24) is 10.2 Å². The first-order valence-electron chi connectivity index (χ1n) is 8.06. The first-order valence-corrected chi connectivity index (χ1v) is 8.06. The molecule has 6 heteroatoms. The fraction of sp³-hybridized carbons (Fsp3) is 0.389. The van der Waals surface area contributed by atoms with Gasteiger partial charge in [0, 0.05) is 6.54 Å². The van der Waals surface area contributed by atoms with Crippen molar-refractivity contribution < 1.29 is 13.6 Å². The minimum atomic E-state index is -0.502. The maximum absolute atomic E-state index is 13.7. The zero-order valence-electron chi connectivity index (χ0n) is 13.4. The van der Waals surface area contributed by atoms with Crippen molar-refractivity contribution in [3.05, 3.63) is 59.8 Å². The van der Waals surface area contributed by atoms with Crippen molar-refractivity contribution >= 4 is 18.3 Å². The molecule has 4 nitrogen and oxygen atoms in total. The number of amides is 1. The van der Waals surface area contributed by atoms with Gasteiger partial charge in [0.25, 0.3) is 5.91 Å². The number of hydrogen-bond donors (Lipinski definition) is 1. The number of likely N-dealkylation sites (tertiary alicyclic amines) is 1. The average Bonchev–Trinajstić information content (AvgIpc) is 3.10. The predicted octanol–water partition coefficient (Wildman–Crippen LogP) is 3.80. The average molecular weight is 353 g/mol. The molecule has 1 atom stereocenters. The van der Waals surface area contributed by atoms with Crippen molar-refractivity contribution in [1.29, 1.82) is 0 Å². The Bertz CT molecular complexity index is 642. The van der Waals surface area contributed by atoms with E-state index in [-0.39, 0.29) is 24.0 Å². The quantitative estimate of drug-likeness (QED) is 0.890. The molecule has 2 heterocycles. The van der Waals surface area contributed by atoms with Gasteiger partial charge in [-0.1, -0.05) is 18.6 Å². The number of furan rings is 1. The standard InChI is InChI=1S/C18H21FN2O2.ClH/c19-15-8-3-2-7-14(15)18(22)20-13-16(17-9-6-12-23-17)21-10-4-1-5-11-21;/h2-3,6-9,12,16H,1,4-5,10-11,13H2,(H,20,22);1H. The third-order valence-corrected chi connectivity index (χ3v) is 4.28.